The average molecular weight is 361 g/mol. The number of methoxy groups -OCH3 is 1. The summed E-state index contributed by atoms with van der Waals surface area (Å²) in [6, 6.07) is -0.313. The molecule has 2 atom stereocenters. The molecule has 0 bridgehead atoms. The molecule has 1 saturated carbocycles. The topological polar surface area (TPSA) is 68.1 Å². The van der Waals surface area contributed by atoms with Crippen LogP contribution in [0.3, 0.4) is 0 Å². The summed E-state index contributed by atoms with van der Waals surface area (Å²) in [5.74, 6) is -7.67. The van der Waals surface area contributed by atoms with Crippen LogP contribution >= 0.6 is 0 Å². The van der Waals surface area contributed by atoms with Crippen LogP contribution in [0, 0.1) is 17.5 Å². The number of hydrogen-bond donors (Lipinski definition) is 1. The molecule has 0 amide bonds. The zero-order chi connectivity index (χ0) is 18.7. The Kier molecular flexibility index (Phi) is 5.66. The Labute approximate surface area is 140 Å². The second kappa shape index (κ2) is 7.54. The van der Waals surface area contributed by atoms with Crippen molar-refractivity contribution in [2.24, 2.45) is 4.99 Å². The van der Waals surface area contributed by atoms with Gasteiger partial charge in [0.1, 0.15) is 17.5 Å². The Balaban J connectivity index is 2.55. The first-order valence-electron chi connectivity index (χ1n) is 7.31. The lowest BCUT2D eigenvalue weighted by molar-refractivity contribution is -0.137. The fourth-order valence-corrected chi connectivity index (χ4v) is 1.97. The van der Waals surface area contributed by atoms with Gasteiger partial charge in [0.05, 0.1) is 25.3 Å². The predicted molar refractivity (Wildman–Crippen MR) is 80.8 cm³/mol. The van der Waals surface area contributed by atoms with E-state index in [0.29, 0.717) is 6.07 Å². The number of aliphatic imine (C=N–C) groups is 1. The lowest BCUT2D eigenvalue weighted by atomic mass is 10.1. The number of ether oxygens (including phenoxy) is 2. The minimum atomic E-state index is -1.58. The Bertz CT molecular complexity index is 748. The van der Waals surface area contributed by atoms with Crippen LogP contribution in [0.4, 0.5) is 17.6 Å². The van der Waals surface area contributed by atoms with Gasteiger partial charge in [-0.2, -0.15) is 4.39 Å². The van der Waals surface area contributed by atoms with Crippen LogP contribution in [0.1, 0.15) is 18.9 Å². The summed E-state index contributed by atoms with van der Waals surface area (Å²) >= 11 is 0. The molecule has 1 fully saturated rings. The number of alkyl halides is 1. The maximum absolute atomic E-state index is 14.3. The third-order valence-corrected chi connectivity index (χ3v) is 3.40. The molecule has 1 aliphatic rings. The molecule has 1 aliphatic carbocycles. The molecule has 5 nitrogen and oxygen atoms in total. The molecule has 0 radical (unpaired) electrons. The van der Waals surface area contributed by atoms with Crippen LogP contribution in [0.25, 0.3) is 5.76 Å². The molecule has 0 aliphatic heterocycles. The van der Waals surface area contributed by atoms with E-state index in [0.717, 1.165) is 13.3 Å². The molecule has 2 rings (SSSR count). The number of benzene rings is 1. The third-order valence-electron chi connectivity index (χ3n) is 3.40. The highest BCUT2D eigenvalue weighted by atomic mass is 19.2. The van der Waals surface area contributed by atoms with Gasteiger partial charge in [0.2, 0.25) is 5.82 Å². The number of esters is 1. The van der Waals surface area contributed by atoms with E-state index in [1.807, 2.05) is 0 Å². The number of aliphatic hydroxyl groups is 1. The van der Waals surface area contributed by atoms with E-state index in [4.69, 9.17) is 4.74 Å². The summed E-state index contributed by atoms with van der Waals surface area (Å²) in [4.78, 5) is 15.7. The van der Waals surface area contributed by atoms with Crippen LogP contribution in [0.2, 0.25) is 0 Å². The minimum Gasteiger partial charge on any atom is -0.506 e. The molecule has 1 aromatic carbocycles. The molecule has 1 aromatic rings. The highest BCUT2D eigenvalue weighted by Gasteiger charge is 2.37. The van der Waals surface area contributed by atoms with Gasteiger partial charge >= 0.3 is 5.97 Å². The molecular weight excluding hydrogens is 346 g/mol. The standard InChI is InChI=1S/C16H15F4NO4/c1-3-25-16(23)8(6-21-11-5-9(11)17)14(22)7-4-10(18)13(20)15(24-2)12(7)19/h4,6,9,11,22H,3,5H2,1-2H3/b14-8-,21-6?/t9-,11+/m1/s1. The van der Waals surface area contributed by atoms with Crippen molar-refractivity contribution in [3.63, 3.8) is 0 Å². The largest absolute Gasteiger partial charge is 0.506 e. The first-order valence-corrected chi connectivity index (χ1v) is 7.31. The van der Waals surface area contributed by atoms with E-state index >= 15 is 0 Å². The highest BCUT2D eigenvalue weighted by Crippen LogP contribution is 2.32. The smallest absolute Gasteiger partial charge is 0.343 e. The fraction of sp³-hybridized carbons (Fsp3) is 0.375. The van der Waals surface area contributed by atoms with Gasteiger partial charge in [0.25, 0.3) is 0 Å². The number of rotatable bonds is 6. The highest BCUT2D eigenvalue weighted by molar-refractivity contribution is 6.15. The van der Waals surface area contributed by atoms with Crippen molar-refractivity contribution in [1.29, 1.82) is 0 Å². The summed E-state index contributed by atoms with van der Waals surface area (Å²) < 4.78 is 63.4. The first kappa shape index (κ1) is 18.8. The van der Waals surface area contributed by atoms with E-state index in [9.17, 15) is 27.5 Å². The van der Waals surface area contributed by atoms with Gasteiger partial charge < -0.3 is 14.6 Å². The van der Waals surface area contributed by atoms with Gasteiger partial charge in [0.15, 0.2) is 17.4 Å². The fourth-order valence-electron chi connectivity index (χ4n) is 1.97. The molecule has 9 heteroatoms. The maximum Gasteiger partial charge on any atom is 0.343 e. The van der Waals surface area contributed by atoms with Crippen LogP contribution in [0.15, 0.2) is 16.6 Å². The summed E-state index contributed by atoms with van der Waals surface area (Å²) in [5, 5.41) is 10.2. The van der Waals surface area contributed by atoms with Crippen LogP contribution in [0.5, 0.6) is 5.75 Å². The minimum absolute atomic E-state index is 0.0673. The second-order valence-corrected chi connectivity index (χ2v) is 5.15. The van der Waals surface area contributed by atoms with Crippen molar-refractivity contribution >= 4 is 17.9 Å². The van der Waals surface area contributed by atoms with Crippen LogP contribution in [-0.2, 0) is 9.53 Å². The lowest BCUT2D eigenvalue weighted by Gasteiger charge is -2.11. The SMILES string of the molecule is CCOC(=O)/C(C=N[C@H]1C[C@H]1F)=C(\O)c1cc(F)c(F)c(OC)c1F. The van der Waals surface area contributed by atoms with Gasteiger partial charge in [-0.1, -0.05) is 0 Å². The van der Waals surface area contributed by atoms with E-state index in [2.05, 4.69) is 9.73 Å². The van der Waals surface area contributed by atoms with E-state index in [1.165, 1.54) is 6.92 Å². The van der Waals surface area contributed by atoms with Gasteiger partial charge in [0, 0.05) is 12.6 Å². The van der Waals surface area contributed by atoms with Crippen LogP contribution < -0.4 is 4.74 Å². The number of carbonyl (C=O) groups is 1. The molecule has 0 aromatic heterocycles. The molecule has 0 spiro atoms. The van der Waals surface area contributed by atoms with Gasteiger partial charge in [-0.05, 0) is 13.0 Å². The Morgan fingerprint density at radius 3 is 2.56 bits per heavy atom. The monoisotopic (exact) mass is 361 g/mol. The van der Waals surface area contributed by atoms with Crippen molar-refractivity contribution in [2.45, 2.75) is 25.6 Å². The van der Waals surface area contributed by atoms with Gasteiger partial charge in [-0.15, -0.1) is 0 Å². The Hall–Kier alpha value is -2.58. The number of carbonyl (C=O) groups excluding carboxylic acids is 1. The van der Waals surface area contributed by atoms with Crippen molar-refractivity contribution in [1.82, 2.24) is 0 Å². The molecule has 25 heavy (non-hydrogen) atoms. The third kappa shape index (κ3) is 3.92. The number of hydrogen-bond acceptors (Lipinski definition) is 5. The molecule has 0 heterocycles. The van der Waals surface area contributed by atoms with Gasteiger partial charge in [-0.25, -0.2) is 18.0 Å². The van der Waals surface area contributed by atoms with E-state index in [1.54, 1.807) is 0 Å². The van der Waals surface area contributed by atoms with Crippen molar-refractivity contribution in [2.75, 3.05) is 13.7 Å². The van der Waals surface area contributed by atoms with Crippen LogP contribution in [-0.4, -0.2) is 43.2 Å². The molecule has 0 unspecified atom stereocenters. The van der Waals surface area contributed by atoms with Crippen molar-refractivity contribution in [3.8, 4) is 5.75 Å². The zero-order valence-corrected chi connectivity index (χ0v) is 13.4. The normalized spacial score (nSPS) is 20.4. The van der Waals surface area contributed by atoms with E-state index in [-0.39, 0.29) is 13.0 Å². The number of halogens is 4. The zero-order valence-electron chi connectivity index (χ0n) is 13.4. The summed E-state index contributed by atoms with van der Waals surface area (Å²) in [7, 11) is 0.910. The van der Waals surface area contributed by atoms with E-state index < -0.39 is 58.3 Å². The average Bonchev–Trinajstić information content (AvgIpc) is 3.27. The summed E-state index contributed by atoms with van der Waals surface area (Å²) in [5.41, 5.74) is -1.44. The Morgan fingerprint density at radius 1 is 1.40 bits per heavy atom. The molecule has 1 N–H and O–H groups in total. The summed E-state index contributed by atoms with van der Waals surface area (Å²) in [6.45, 7) is 1.42. The number of nitrogens with zero attached hydrogens (tertiary/aromatic N) is 1. The molecular formula is C16H15F4NO4. The van der Waals surface area contributed by atoms with Gasteiger partial charge in [-0.3, -0.25) is 4.99 Å². The quantitative estimate of drug-likeness (QED) is 0.211. The molecule has 0 saturated heterocycles. The first-order chi connectivity index (χ1) is 11.8. The summed E-state index contributed by atoms with van der Waals surface area (Å²) in [6.07, 6.45) is -0.187. The predicted octanol–water partition coefficient (Wildman–Crippen LogP) is 3.13. The van der Waals surface area contributed by atoms with Crippen molar-refractivity contribution < 1.29 is 36.9 Å². The molecule has 136 valence electrons. The second-order valence-electron chi connectivity index (χ2n) is 5.15. The van der Waals surface area contributed by atoms with Crippen molar-refractivity contribution in [3.05, 3.63) is 34.7 Å². The lowest BCUT2D eigenvalue weighted by Crippen LogP contribution is -2.13. The number of aliphatic hydroxyl groups excluding tert-OH is 1. The maximum atomic E-state index is 14.3. The Morgan fingerprint density at radius 2 is 2.04 bits per heavy atom.